The Kier molecular flexibility index (Phi) is 6.52. The summed E-state index contributed by atoms with van der Waals surface area (Å²) < 4.78 is 41.3. The number of guanidine groups is 1. The third-order valence-corrected chi connectivity index (χ3v) is 4.18. The van der Waals surface area contributed by atoms with E-state index in [1.54, 1.807) is 6.07 Å². The molecule has 1 heterocycles. The van der Waals surface area contributed by atoms with Crippen molar-refractivity contribution in [3.8, 4) is 5.75 Å². The van der Waals surface area contributed by atoms with E-state index in [0.29, 0.717) is 18.5 Å². The quantitative estimate of drug-likeness (QED) is 0.625. The molecule has 0 spiro atoms. The summed E-state index contributed by atoms with van der Waals surface area (Å²) in [4.78, 5) is 6.70. The van der Waals surface area contributed by atoms with E-state index in [4.69, 9.17) is 5.73 Å². The van der Waals surface area contributed by atoms with Crippen molar-refractivity contribution in [1.82, 2.24) is 4.90 Å². The van der Waals surface area contributed by atoms with E-state index in [9.17, 15) is 13.2 Å². The number of ether oxygens (including phenoxy) is 1. The Balaban J connectivity index is 1.95. The van der Waals surface area contributed by atoms with Gasteiger partial charge in [0, 0.05) is 19.1 Å². The highest BCUT2D eigenvalue weighted by Gasteiger charge is 2.32. The largest absolute Gasteiger partial charge is 0.573 e. The van der Waals surface area contributed by atoms with Gasteiger partial charge in [-0.1, -0.05) is 12.1 Å². The highest BCUT2D eigenvalue weighted by molar-refractivity contribution is 5.93. The first kappa shape index (κ1) is 19.4. The first-order valence-electron chi connectivity index (χ1n) is 8.40. The lowest BCUT2D eigenvalue weighted by atomic mass is 9.97. The van der Waals surface area contributed by atoms with Crippen molar-refractivity contribution in [2.45, 2.75) is 39.1 Å². The van der Waals surface area contributed by atoms with Gasteiger partial charge in [0.1, 0.15) is 0 Å². The van der Waals surface area contributed by atoms with E-state index in [-0.39, 0.29) is 17.4 Å². The second-order valence-electron chi connectivity index (χ2n) is 6.49. The number of hydrogen-bond donors (Lipinski definition) is 2. The summed E-state index contributed by atoms with van der Waals surface area (Å²) in [7, 11) is 0. The maximum atomic E-state index is 12.4. The molecule has 25 heavy (non-hydrogen) atoms. The second-order valence-corrected chi connectivity index (χ2v) is 6.49. The zero-order chi connectivity index (χ0) is 18.4. The Hall–Kier alpha value is -1.96. The number of nitrogens with zero attached hydrogens (tertiary/aromatic N) is 2. The molecule has 1 fully saturated rings. The third kappa shape index (κ3) is 6.45. The zero-order valence-corrected chi connectivity index (χ0v) is 14.5. The van der Waals surface area contributed by atoms with Gasteiger partial charge in [-0.15, -0.1) is 13.2 Å². The van der Waals surface area contributed by atoms with E-state index in [0.717, 1.165) is 25.9 Å². The number of nitrogens with two attached hydrogens (primary N) is 1. The van der Waals surface area contributed by atoms with E-state index in [1.165, 1.54) is 18.2 Å². The first-order chi connectivity index (χ1) is 11.7. The van der Waals surface area contributed by atoms with Crippen LogP contribution in [0.15, 0.2) is 29.3 Å². The fraction of sp³-hybridized carbons (Fsp3) is 0.588. The van der Waals surface area contributed by atoms with Crippen molar-refractivity contribution in [1.29, 1.82) is 0 Å². The lowest BCUT2D eigenvalue weighted by molar-refractivity contribution is -0.274. The summed E-state index contributed by atoms with van der Waals surface area (Å²) in [6.07, 6.45) is -2.56. The predicted octanol–water partition coefficient (Wildman–Crippen LogP) is 3.43. The third-order valence-electron chi connectivity index (χ3n) is 4.18. The topological polar surface area (TPSA) is 62.9 Å². The predicted molar refractivity (Wildman–Crippen MR) is 92.7 cm³/mol. The number of rotatable bonds is 5. The van der Waals surface area contributed by atoms with Crippen LogP contribution in [0.2, 0.25) is 0 Å². The summed E-state index contributed by atoms with van der Waals surface area (Å²) >= 11 is 0. The number of hydrogen-bond acceptors (Lipinski definition) is 3. The van der Waals surface area contributed by atoms with Crippen LogP contribution >= 0.6 is 0 Å². The molecule has 1 aromatic carbocycles. The number of halogens is 3. The van der Waals surface area contributed by atoms with Gasteiger partial charge in [-0.2, -0.15) is 0 Å². The summed E-state index contributed by atoms with van der Waals surface area (Å²) in [6.45, 7) is 6.93. The summed E-state index contributed by atoms with van der Waals surface area (Å²) in [5.41, 5.74) is 5.97. The molecule has 1 aliphatic heterocycles. The molecular weight excluding hydrogens is 333 g/mol. The van der Waals surface area contributed by atoms with Gasteiger partial charge in [0.2, 0.25) is 0 Å². The summed E-state index contributed by atoms with van der Waals surface area (Å²) in [5, 5.41) is 2.70. The van der Waals surface area contributed by atoms with E-state index >= 15 is 0 Å². The maximum Gasteiger partial charge on any atom is 0.573 e. The smallest absolute Gasteiger partial charge is 0.404 e. The van der Waals surface area contributed by atoms with Crippen LogP contribution < -0.4 is 15.8 Å². The van der Waals surface area contributed by atoms with Crippen molar-refractivity contribution in [3.63, 3.8) is 0 Å². The molecule has 3 N–H and O–H groups in total. The SMILES string of the molecule is CC(C)N1CCCC(CN=C(N)Nc2ccccc2OC(F)(F)F)C1. The molecule has 1 atom stereocenters. The number of benzene rings is 1. The number of piperidine rings is 1. The zero-order valence-electron chi connectivity index (χ0n) is 14.5. The fourth-order valence-electron chi connectivity index (χ4n) is 2.90. The van der Waals surface area contributed by atoms with Crippen molar-refractivity contribution in [2.24, 2.45) is 16.6 Å². The van der Waals surface area contributed by atoms with Gasteiger partial charge in [-0.05, 0) is 51.3 Å². The molecule has 2 rings (SSSR count). The van der Waals surface area contributed by atoms with E-state index < -0.39 is 6.36 Å². The molecule has 140 valence electrons. The molecule has 0 radical (unpaired) electrons. The van der Waals surface area contributed by atoms with Gasteiger partial charge in [-0.3, -0.25) is 4.99 Å². The first-order valence-corrected chi connectivity index (χ1v) is 8.40. The molecule has 0 saturated carbocycles. The molecule has 8 heteroatoms. The minimum atomic E-state index is -4.76. The van der Waals surface area contributed by atoms with Gasteiger partial charge in [0.25, 0.3) is 0 Å². The molecule has 0 bridgehead atoms. The molecular formula is C17H25F3N4O. The van der Waals surface area contributed by atoms with Gasteiger partial charge in [0.15, 0.2) is 11.7 Å². The highest BCUT2D eigenvalue weighted by atomic mass is 19.4. The number of anilines is 1. The standard InChI is InChI=1S/C17H25F3N4O/c1-12(2)24-9-5-6-13(11-24)10-22-16(21)23-14-7-3-4-8-15(14)25-17(18,19)20/h3-4,7-8,12-13H,5-6,9-11H2,1-2H3,(H3,21,22,23). The van der Waals surface area contributed by atoms with Gasteiger partial charge in [0.05, 0.1) is 5.69 Å². The maximum absolute atomic E-state index is 12.4. The Morgan fingerprint density at radius 1 is 1.40 bits per heavy atom. The number of nitrogens with one attached hydrogen (secondary N) is 1. The monoisotopic (exact) mass is 358 g/mol. The molecule has 1 saturated heterocycles. The lowest BCUT2D eigenvalue weighted by Crippen LogP contribution is -2.41. The molecule has 0 aliphatic carbocycles. The van der Waals surface area contributed by atoms with Crippen LogP contribution in [0.3, 0.4) is 0 Å². The van der Waals surface area contributed by atoms with Crippen molar-refractivity contribution < 1.29 is 17.9 Å². The van der Waals surface area contributed by atoms with Crippen LogP contribution in [0.5, 0.6) is 5.75 Å². The average molecular weight is 358 g/mol. The fourth-order valence-corrected chi connectivity index (χ4v) is 2.90. The molecule has 1 aliphatic rings. The number of likely N-dealkylation sites (tertiary alicyclic amines) is 1. The summed E-state index contributed by atoms with van der Waals surface area (Å²) in [6, 6.07) is 6.24. The van der Waals surface area contributed by atoms with E-state index in [1.807, 2.05) is 0 Å². The molecule has 5 nitrogen and oxygen atoms in total. The van der Waals surface area contributed by atoms with Gasteiger partial charge >= 0.3 is 6.36 Å². The van der Waals surface area contributed by atoms with Crippen LogP contribution in [0.4, 0.5) is 18.9 Å². The minimum Gasteiger partial charge on any atom is -0.404 e. The normalized spacial score (nSPS) is 19.9. The summed E-state index contributed by atoms with van der Waals surface area (Å²) in [5.74, 6) is 0.148. The number of alkyl halides is 3. The minimum absolute atomic E-state index is 0.0832. The van der Waals surface area contributed by atoms with Crippen molar-refractivity contribution in [2.75, 3.05) is 25.0 Å². The Bertz CT molecular complexity index is 590. The van der Waals surface area contributed by atoms with Crippen LogP contribution in [-0.4, -0.2) is 42.9 Å². The molecule has 0 aromatic heterocycles. The molecule has 0 amide bonds. The Labute approximate surface area is 146 Å². The lowest BCUT2D eigenvalue weighted by Gasteiger charge is -2.34. The average Bonchev–Trinajstić information content (AvgIpc) is 2.54. The number of para-hydroxylation sites is 2. The van der Waals surface area contributed by atoms with Crippen LogP contribution in [0.25, 0.3) is 0 Å². The Morgan fingerprint density at radius 2 is 2.12 bits per heavy atom. The van der Waals surface area contributed by atoms with Crippen molar-refractivity contribution >= 4 is 11.6 Å². The van der Waals surface area contributed by atoms with Crippen LogP contribution in [-0.2, 0) is 0 Å². The van der Waals surface area contributed by atoms with Gasteiger partial charge in [-0.25, -0.2) is 0 Å². The van der Waals surface area contributed by atoms with Crippen LogP contribution in [0, 0.1) is 5.92 Å². The van der Waals surface area contributed by atoms with E-state index in [2.05, 4.69) is 33.8 Å². The van der Waals surface area contributed by atoms with Crippen LogP contribution in [0.1, 0.15) is 26.7 Å². The molecule has 1 unspecified atom stereocenters. The molecule has 1 aromatic rings. The van der Waals surface area contributed by atoms with Gasteiger partial charge < -0.3 is 20.7 Å². The second kappa shape index (κ2) is 8.42. The highest BCUT2D eigenvalue weighted by Crippen LogP contribution is 2.29. The Morgan fingerprint density at radius 3 is 2.80 bits per heavy atom. The number of aliphatic imine (C=N–C) groups is 1. The van der Waals surface area contributed by atoms with Crippen molar-refractivity contribution in [3.05, 3.63) is 24.3 Å².